The van der Waals surface area contributed by atoms with E-state index < -0.39 is 11.5 Å². The van der Waals surface area contributed by atoms with E-state index in [4.69, 9.17) is 0 Å². The average molecular weight is 215 g/mol. The van der Waals surface area contributed by atoms with Gasteiger partial charge in [0, 0.05) is 12.4 Å². The molecule has 82 valence electrons. The van der Waals surface area contributed by atoms with Crippen molar-refractivity contribution in [1.82, 2.24) is 4.57 Å². The van der Waals surface area contributed by atoms with Crippen LogP contribution in [0.4, 0.5) is 0 Å². The van der Waals surface area contributed by atoms with Crippen molar-refractivity contribution in [2.24, 2.45) is 0 Å². The van der Waals surface area contributed by atoms with Gasteiger partial charge in [-0.1, -0.05) is 30.3 Å². The summed E-state index contributed by atoms with van der Waals surface area (Å²) < 4.78 is 1.70. The van der Waals surface area contributed by atoms with Crippen LogP contribution in [0.1, 0.15) is 12.5 Å². The van der Waals surface area contributed by atoms with E-state index in [0.717, 1.165) is 5.56 Å². The molecule has 1 aromatic heterocycles. The highest BCUT2D eigenvalue weighted by Crippen LogP contribution is 2.26. The lowest BCUT2D eigenvalue weighted by molar-refractivity contribution is -0.144. The van der Waals surface area contributed by atoms with Gasteiger partial charge in [0.2, 0.25) is 0 Å². The lowest BCUT2D eigenvalue weighted by Gasteiger charge is -2.27. The first-order valence-electron chi connectivity index (χ1n) is 5.08. The monoisotopic (exact) mass is 215 g/mol. The molecule has 0 amide bonds. The van der Waals surface area contributed by atoms with Crippen molar-refractivity contribution in [3.8, 4) is 0 Å². The summed E-state index contributed by atoms with van der Waals surface area (Å²) in [6.07, 6.45) is 3.53. The van der Waals surface area contributed by atoms with Gasteiger partial charge >= 0.3 is 5.97 Å². The lowest BCUT2D eigenvalue weighted by atomic mass is 9.92. The van der Waals surface area contributed by atoms with Crippen LogP contribution in [0, 0.1) is 0 Å². The fourth-order valence-electron chi connectivity index (χ4n) is 1.78. The minimum absolute atomic E-state index is 0.763. The molecule has 16 heavy (non-hydrogen) atoms. The molecule has 1 unspecified atom stereocenters. The van der Waals surface area contributed by atoms with E-state index in [1.165, 1.54) is 0 Å². The standard InChI is InChI=1S/C13H13NO2/c1-13(12(15)16,14-9-5-6-10-14)11-7-3-2-4-8-11/h2-10H,1H3,(H,15,16). The Morgan fingerprint density at radius 1 is 1.12 bits per heavy atom. The van der Waals surface area contributed by atoms with Gasteiger partial charge in [-0.15, -0.1) is 0 Å². The Balaban J connectivity index is 2.58. The van der Waals surface area contributed by atoms with Crippen LogP contribution in [-0.4, -0.2) is 15.6 Å². The Morgan fingerprint density at radius 2 is 1.69 bits per heavy atom. The maximum Gasteiger partial charge on any atom is 0.334 e. The van der Waals surface area contributed by atoms with Crippen LogP contribution in [0.15, 0.2) is 54.9 Å². The summed E-state index contributed by atoms with van der Waals surface area (Å²) >= 11 is 0. The van der Waals surface area contributed by atoms with E-state index in [9.17, 15) is 9.90 Å². The smallest absolute Gasteiger partial charge is 0.334 e. The molecule has 1 atom stereocenters. The number of carbonyl (C=O) groups is 1. The van der Waals surface area contributed by atoms with Gasteiger partial charge in [-0.25, -0.2) is 4.79 Å². The van der Waals surface area contributed by atoms with Gasteiger partial charge in [0.25, 0.3) is 0 Å². The molecule has 0 bridgehead atoms. The van der Waals surface area contributed by atoms with Crippen molar-refractivity contribution in [3.05, 3.63) is 60.4 Å². The van der Waals surface area contributed by atoms with Gasteiger partial charge in [-0.2, -0.15) is 0 Å². The average Bonchev–Trinajstić information content (AvgIpc) is 2.82. The molecule has 0 fully saturated rings. The molecule has 2 rings (SSSR count). The van der Waals surface area contributed by atoms with Gasteiger partial charge in [0.05, 0.1) is 0 Å². The van der Waals surface area contributed by atoms with Crippen molar-refractivity contribution in [1.29, 1.82) is 0 Å². The molecular formula is C13H13NO2. The minimum Gasteiger partial charge on any atom is -0.479 e. The van der Waals surface area contributed by atoms with Gasteiger partial charge in [0.1, 0.15) is 0 Å². The number of hydrogen-bond acceptors (Lipinski definition) is 1. The van der Waals surface area contributed by atoms with Crippen molar-refractivity contribution >= 4 is 5.97 Å². The van der Waals surface area contributed by atoms with E-state index in [1.54, 1.807) is 23.9 Å². The molecule has 1 N–H and O–H groups in total. The molecule has 2 aromatic rings. The first kappa shape index (κ1) is 10.5. The number of hydrogen-bond donors (Lipinski definition) is 1. The van der Waals surface area contributed by atoms with Gasteiger partial charge in [-0.05, 0) is 24.6 Å². The Bertz CT molecular complexity index is 476. The topological polar surface area (TPSA) is 42.2 Å². The first-order valence-corrected chi connectivity index (χ1v) is 5.08. The summed E-state index contributed by atoms with van der Waals surface area (Å²) in [4.78, 5) is 11.5. The minimum atomic E-state index is -1.05. The summed E-state index contributed by atoms with van der Waals surface area (Å²) in [7, 11) is 0. The van der Waals surface area contributed by atoms with Crippen molar-refractivity contribution in [3.63, 3.8) is 0 Å². The third-order valence-corrected chi connectivity index (χ3v) is 2.87. The number of aliphatic carboxylic acids is 1. The zero-order valence-corrected chi connectivity index (χ0v) is 9.00. The Hall–Kier alpha value is -2.03. The third-order valence-electron chi connectivity index (χ3n) is 2.87. The van der Waals surface area contributed by atoms with Crippen LogP contribution in [0.5, 0.6) is 0 Å². The summed E-state index contributed by atoms with van der Waals surface area (Å²) in [5, 5.41) is 9.44. The maximum absolute atomic E-state index is 11.5. The number of nitrogens with zero attached hydrogens (tertiary/aromatic N) is 1. The second-order valence-electron chi connectivity index (χ2n) is 3.83. The van der Waals surface area contributed by atoms with E-state index in [-0.39, 0.29) is 0 Å². The molecule has 0 aliphatic carbocycles. The highest BCUT2D eigenvalue weighted by Gasteiger charge is 2.36. The van der Waals surface area contributed by atoms with Gasteiger partial charge < -0.3 is 9.67 Å². The Kier molecular flexibility index (Phi) is 2.52. The summed E-state index contributed by atoms with van der Waals surface area (Å²) in [6.45, 7) is 1.70. The van der Waals surface area contributed by atoms with Gasteiger partial charge in [0.15, 0.2) is 5.54 Å². The number of carboxylic acid groups (broad SMARTS) is 1. The van der Waals surface area contributed by atoms with Crippen LogP contribution in [0.25, 0.3) is 0 Å². The fourth-order valence-corrected chi connectivity index (χ4v) is 1.78. The summed E-state index contributed by atoms with van der Waals surface area (Å²) in [5.74, 6) is -0.866. The molecule has 0 aliphatic rings. The summed E-state index contributed by atoms with van der Waals surface area (Å²) in [5.41, 5.74) is -0.288. The number of carboxylic acids is 1. The molecule has 0 saturated carbocycles. The second-order valence-corrected chi connectivity index (χ2v) is 3.83. The van der Waals surface area contributed by atoms with E-state index >= 15 is 0 Å². The van der Waals surface area contributed by atoms with Gasteiger partial charge in [-0.3, -0.25) is 0 Å². The van der Waals surface area contributed by atoms with E-state index in [2.05, 4.69) is 0 Å². The summed E-state index contributed by atoms with van der Waals surface area (Å²) in [6, 6.07) is 12.9. The third kappa shape index (κ3) is 1.50. The predicted molar refractivity (Wildman–Crippen MR) is 61.3 cm³/mol. The second kappa shape index (κ2) is 3.85. The molecule has 0 radical (unpaired) electrons. The molecule has 1 aromatic carbocycles. The van der Waals surface area contributed by atoms with Crippen LogP contribution < -0.4 is 0 Å². The Morgan fingerprint density at radius 3 is 2.19 bits per heavy atom. The SMILES string of the molecule is CC(C(=O)O)(c1ccccc1)n1cccc1. The lowest BCUT2D eigenvalue weighted by Crippen LogP contribution is -2.39. The fraction of sp³-hybridized carbons (Fsp3) is 0.154. The van der Waals surface area contributed by atoms with E-state index in [0.29, 0.717) is 0 Å². The normalized spacial score (nSPS) is 14.3. The number of aromatic nitrogens is 1. The zero-order chi connectivity index (χ0) is 11.6. The molecule has 3 heteroatoms. The number of benzene rings is 1. The highest BCUT2D eigenvalue weighted by molar-refractivity contribution is 5.80. The maximum atomic E-state index is 11.5. The molecule has 0 saturated heterocycles. The quantitative estimate of drug-likeness (QED) is 0.853. The van der Waals surface area contributed by atoms with E-state index in [1.807, 2.05) is 42.5 Å². The van der Waals surface area contributed by atoms with Crippen LogP contribution in [0.2, 0.25) is 0 Å². The zero-order valence-electron chi connectivity index (χ0n) is 9.00. The van der Waals surface area contributed by atoms with Crippen molar-refractivity contribution in [2.75, 3.05) is 0 Å². The molecular weight excluding hydrogens is 202 g/mol. The van der Waals surface area contributed by atoms with Crippen LogP contribution >= 0.6 is 0 Å². The molecule has 0 spiro atoms. The molecule has 0 aliphatic heterocycles. The molecule has 1 heterocycles. The van der Waals surface area contributed by atoms with Crippen LogP contribution in [-0.2, 0) is 10.3 Å². The van der Waals surface area contributed by atoms with Crippen molar-refractivity contribution in [2.45, 2.75) is 12.5 Å². The van der Waals surface area contributed by atoms with Crippen LogP contribution in [0.3, 0.4) is 0 Å². The highest BCUT2D eigenvalue weighted by atomic mass is 16.4. The van der Waals surface area contributed by atoms with Crippen molar-refractivity contribution < 1.29 is 9.90 Å². The largest absolute Gasteiger partial charge is 0.479 e. The first-order chi connectivity index (χ1) is 7.65. The molecule has 3 nitrogen and oxygen atoms in total. The predicted octanol–water partition coefficient (Wildman–Crippen LogP) is 2.34. The Labute approximate surface area is 94.0 Å². The number of rotatable bonds is 3.